The van der Waals surface area contributed by atoms with Gasteiger partial charge in [0.05, 0.1) is 5.56 Å². The van der Waals surface area contributed by atoms with Crippen LogP contribution in [0.2, 0.25) is 5.02 Å². The van der Waals surface area contributed by atoms with Crippen LogP contribution in [0.1, 0.15) is 27.0 Å². The molecule has 0 amide bonds. The minimum absolute atomic E-state index is 0.0737. The first kappa shape index (κ1) is 16.8. The minimum Gasteiger partial charge on any atom is -0.478 e. The Labute approximate surface area is 139 Å². The third-order valence-corrected chi connectivity index (χ3v) is 3.55. The van der Waals surface area contributed by atoms with Gasteiger partial charge >= 0.3 is 11.9 Å². The summed E-state index contributed by atoms with van der Waals surface area (Å²) < 4.78 is 5.10. The van der Waals surface area contributed by atoms with Crippen molar-refractivity contribution in [2.45, 2.75) is 13.5 Å². The molecule has 0 radical (unpaired) electrons. The summed E-state index contributed by atoms with van der Waals surface area (Å²) in [4.78, 5) is 23.1. The Hall–Kier alpha value is -2.59. The number of halogens is 1. The van der Waals surface area contributed by atoms with Crippen molar-refractivity contribution < 1.29 is 19.4 Å². The molecule has 2 rings (SSSR count). The Kier molecular flexibility index (Phi) is 5.55. The number of aromatic carboxylic acids is 1. The van der Waals surface area contributed by atoms with Gasteiger partial charge in [-0.2, -0.15) is 0 Å². The fraction of sp³-hybridized carbons (Fsp3) is 0.111. The first-order chi connectivity index (χ1) is 11.0. The lowest BCUT2D eigenvalue weighted by Gasteiger charge is -2.07. The van der Waals surface area contributed by atoms with Crippen LogP contribution in [-0.2, 0) is 16.1 Å². The average molecular weight is 331 g/mol. The number of rotatable bonds is 5. The van der Waals surface area contributed by atoms with E-state index in [1.807, 2.05) is 30.3 Å². The van der Waals surface area contributed by atoms with E-state index < -0.39 is 11.9 Å². The second-order valence-electron chi connectivity index (χ2n) is 4.88. The van der Waals surface area contributed by atoms with Crippen LogP contribution in [0.3, 0.4) is 0 Å². The molecule has 0 spiro atoms. The van der Waals surface area contributed by atoms with Gasteiger partial charge in [-0.05, 0) is 30.2 Å². The summed E-state index contributed by atoms with van der Waals surface area (Å²) >= 11 is 6.04. The number of carbonyl (C=O) groups excluding carboxylic acids is 1. The van der Waals surface area contributed by atoms with Crippen LogP contribution in [0, 0.1) is 6.92 Å². The van der Waals surface area contributed by atoms with Gasteiger partial charge in [-0.3, -0.25) is 0 Å². The van der Waals surface area contributed by atoms with Crippen molar-refractivity contribution in [2.75, 3.05) is 0 Å². The normalized spacial score (nSPS) is 10.7. The van der Waals surface area contributed by atoms with Crippen LogP contribution in [-0.4, -0.2) is 17.0 Å². The third kappa shape index (κ3) is 4.44. The first-order valence-electron chi connectivity index (χ1n) is 6.90. The van der Waals surface area contributed by atoms with Gasteiger partial charge in [0.25, 0.3) is 0 Å². The number of hydrogen-bond acceptors (Lipinski definition) is 3. The number of benzene rings is 2. The quantitative estimate of drug-likeness (QED) is 0.662. The minimum atomic E-state index is -1.10. The molecule has 23 heavy (non-hydrogen) atoms. The van der Waals surface area contributed by atoms with E-state index in [2.05, 4.69) is 0 Å². The molecule has 0 fully saturated rings. The van der Waals surface area contributed by atoms with Crippen LogP contribution in [0.15, 0.2) is 48.5 Å². The molecule has 0 saturated heterocycles. The zero-order valence-electron chi connectivity index (χ0n) is 12.5. The van der Waals surface area contributed by atoms with E-state index in [-0.39, 0.29) is 22.8 Å². The van der Waals surface area contributed by atoms with Crippen molar-refractivity contribution in [2.24, 2.45) is 0 Å². The van der Waals surface area contributed by atoms with Gasteiger partial charge in [0.1, 0.15) is 6.61 Å². The number of esters is 1. The highest BCUT2D eigenvalue weighted by atomic mass is 35.5. The Bertz CT molecular complexity index is 751. The Morgan fingerprint density at radius 2 is 1.87 bits per heavy atom. The fourth-order valence-corrected chi connectivity index (χ4v) is 2.30. The molecule has 0 aliphatic heterocycles. The summed E-state index contributed by atoms with van der Waals surface area (Å²) in [5.74, 6) is -1.66. The molecule has 4 nitrogen and oxygen atoms in total. The number of hydrogen-bond donors (Lipinski definition) is 1. The van der Waals surface area contributed by atoms with Crippen LogP contribution >= 0.6 is 11.6 Å². The van der Waals surface area contributed by atoms with E-state index in [1.165, 1.54) is 12.2 Å². The summed E-state index contributed by atoms with van der Waals surface area (Å²) in [6.45, 7) is 1.82. The molecular formula is C18H15ClO4. The third-order valence-electron chi connectivity index (χ3n) is 3.22. The summed E-state index contributed by atoms with van der Waals surface area (Å²) in [7, 11) is 0. The molecule has 1 N–H and O–H groups in total. The lowest BCUT2D eigenvalue weighted by atomic mass is 10.0. The van der Waals surface area contributed by atoms with Crippen molar-refractivity contribution in [3.63, 3.8) is 0 Å². The van der Waals surface area contributed by atoms with Crippen molar-refractivity contribution in [1.82, 2.24) is 0 Å². The molecule has 0 unspecified atom stereocenters. The predicted octanol–water partition coefficient (Wildman–Crippen LogP) is 4.10. The Balaban J connectivity index is 2.12. The van der Waals surface area contributed by atoms with E-state index in [9.17, 15) is 14.7 Å². The molecule has 0 aromatic heterocycles. The molecule has 0 bridgehead atoms. The Morgan fingerprint density at radius 3 is 2.52 bits per heavy atom. The SMILES string of the molecule is Cc1ccc(Cl)c(/C=C/C(=O)OCc2ccccc2)c1C(=O)O. The van der Waals surface area contributed by atoms with E-state index in [1.54, 1.807) is 19.1 Å². The van der Waals surface area contributed by atoms with Gasteiger partial charge in [0.15, 0.2) is 0 Å². The van der Waals surface area contributed by atoms with Gasteiger partial charge < -0.3 is 9.84 Å². The summed E-state index contributed by atoms with van der Waals surface area (Å²) in [5.41, 5.74) is 1.80. The lowest BCUT2D eigenvalue weighted by Crippen LogP contribution is -2.04. The van der Waals surface area contributed by atoms with Crippen LogP contribution in [0.4, 0.5) is 0 Å². The molecule has 0 saturated carbocycles. The highest BCUT2D eigenvalue weighted by molar-refractivity contribution is 6.32. The van der Waals surface area contributed by atoms with E-state index >= 15 is 0 Å². The molecule has 0 aliphatic rings. The Morgan fingerprint density at radius 1 is 1.17 bits per heavy atom. The fourth-order valence-electron chi connectivity index (χ4n) is 2.08. The number of carboxylic acids is 1. The summed E-state index contributed by atoms with van der Waals surface area (Å²) in [6, 6.07) is 12.5. The predicted molar refractivity (Wildman–Crippen MR) is 88.4 cm³/mol. The molecule has 5 heteroatoms. The smallest absolute Gasteiger partial charge is 0.336 e. The molecule has 2 aromatic rings. The summed E-state index contributed by atoms with van der Waals surface area (Å²) in [6.07, 6.45) is 2.54. The molecular weight excluding hydrogens is 316 g/mol. The second kappa shape index (κ2) is 7.61. The largest absolute Gasteiger partial charge is 0.478 e. The van der Waals surface area contributed by atoms with Gasteiger partial charge in [-0.15, -0.1) is 0 Å². The van der Waals surface area contributed by atoms with Crippen molar-refractivity contribution in [1.29, 1.82) is 0 Å². The van der Waals surface area contributed by atoms with E-state index in [0.29, 0.717) is 5.56 Å². The molecule has 2 aromatic carbocycles. The molecule has 0 atom stereocenters. The highest BCUT2D eigenvalue weighted by Crippen LogP contribution is 2.25. The van der Waals surface area contributed by atoms with E-state index in [4.69, 9.17) is 16.3 Å². The number of ether oxygens (including phenoxy) is 1. The number of carboxylic acid groups (broad SMARTS) is 1. The van der Waals surface area contributed by atoms with Crippen molar-refractivity contribution in [3.8, 4) is 0 Å². The van der Waals surface area contributed by atoms with Crippen LogP contribution in [0.5, 0.6) is 0 Å². The number of carbonyl (C=O) groups is 2. The van der Waals surface area contributed by atoms with Gasteiger partial charge in [-0.25, -0.2) is 9.59 Å². The van der Waals surface area contributed by atoms with Gasteiger partial charge in [0.2, 0.25) is 0 Å². The molecule has 0 aliphatic carbocycles. The maximum Gasteiger partial charge on any atom is 0.336 e. The monoisotopic (exact) mass is 330 g/mol. The van der Waals surface area contributed by atoms with Crippen LogP contribution < -0.4 is 0 Å². The topological polar surface area (TPSA) is 63.6 Å². The zero-order valence-corrected chi connectivity index (χ0v) is 13.2. The standard InChI is InChI=1S/C18H15ClO4/c1-12-7-9-15(19)14(17(12)18(21)22)8-10-16(20)23-11-13-5-3-2-4-6-13/h2-10H,11H2,1H3,(H,21,22)/b10-8+. The number of aryl methyl sites for hydroxylation is 1. The lowest BCUT2D eigenvalue weighted by molar-refractivity contribution is -0.138. The first-order valence-corrected chi connectivity index (χ1v) is 7.28. The van der Waals surface area contributed by atoms with Gasteiger partial charge in [0, 0.05) is 16.7 Å². The van der Waals surface area contributed by atoms with Crippen LogP contribution in [0.25, 0.3) is 6.08 Å². The van der Waals surface area contributed by atoms with Crippen molar-refractivity contribution >= 4 is 29.6 Å². The maximum atomic E-state index is 11.8. The average Bonchev–Trinajstić information content (AvgIpc) is 2.54. The zero-order chi connectivity index (χ0) is 16.8. The molecule has 0 heterocycles. The van der Waals surface area contributed by atoms with Gasteiger partial charge in [-0.1, -0.05) is 48.0 Å². The van der Waals surface area contributed by atoms with E-state index in [0.717, 1.165) is 5.56 Å². The summed E-state index contributed by atoms with van der Waals surface area (Å²) in [5, 5.41) is 9.54. The van der Waals surface area contributed by atoms with Crippen molar-refractivity contribution in [3.05, 3.63) is 75.8 Å². The maximum absolute atomic E-state index is 11.8. The molecule has 118 valence electrons. The second-order valence-corrected chi connectivity index (χ2v) is 5.29. The highest BCUT2D eigenvalue weighted by Gasteiger charge is 2.14.